The summed E-state index contributed by atoms with van der Waals surface area (Å²) in [4.78, 5) is 4.38. The van der Waals surface area contributed by atoms with E-state index in [0.717, 1.165) is 42.7 Å². The van der Waals surface area contributed by atoms with Crippen LogP contribution in [0.15, 0.2) is 18.3 Å². The molecule has 1 aromatic rings. The molecule has 1 aliphatic carbocycles. The highest BCUT2D eigenvalue weighted by Gasteiger charge is 2.26. The molecule has 0 amide bonds. The Bertz CT molecular complexity index is 371. The van der Waals surface area contributed by atoms with Crippen molar-refractivity contribution in [3.05, 3.63) is 23.9 Å². The maximum Gasteiger partial charge on any atom is 0.218 e. The number of rotatable bonds is 4. The summed E-state index contributed by atoms with van der Waals surface area (Å²) < 4.78 is 6.13. The molecule has 3 heteroatoms. The van der Waals surface area contributed by atoms with E-state index >= 15 is 0 Å². The first-order valence-corrected chi connectivity index (χ1v) is 6.94. The molecule has 1 aromatic heterocycles. The van der Waals surface area contributed by atoms with Crippen LogP contribution in [0.3, 0.4) is 0 Å². The van der Waals surface area contributed by atoms with Gasteiger partial charge in [-0.05, 0) is 44.2 Å². The largest absolute Gasteiger partial charge is 0.474 e. The first-order valence-electron chi connectivity index (χ1n) is 6.94. The molecule has 0 aliphatic heterocycles. The summed E-state index contributed by atoms with van der Waals surface area (Å²) in [7, 11) is 1.95. The third-order valence-corrected chi connectivity index (χ3v) is 3.63. The van der Waals surface area contributed by atoms with Crippen LogP contribution in [-0.2, 0) is 6.54 Å². The first-order chi connectivity index (χ1) is 8.69. The van der Waals surface area contributed by atoms with Gasteiger partial charge in [0, 0.05) is 18.3 Å². The van der Waals surface area contributed by atoms with Gasteiger partial charge in [-0.2, -0.15) is 0 Å². The minimum Gasteiger partial charge on any atom is -0.474 e. The smallest absolute Gasteiger partial charge is 0.218 e. The Labute approximate surface area is 110 Å². The van der Waals surface area contributed by atoms with Crippen molar-refractivity contribution in [3.63, 3.8) is 0 Å². The lowest BCUT2D eigenvalue weighted by atomic mass is 9.82. The van der Waals surface area contributed by atoms with E-state index in [1.54, 1.807) is 0 Å². The number of pyridine rings is 1. The first kappa shape index (κ1) is 13.3. The summed E-state index contributed by atoms with van der Waals surface area (Å²) in [5.74, 6) is 2.32. The number of hydrogen-bond donors (Lipinski definition) is 1. The standard InChI is InChI=1S/C15H24N2O/c1-11-7-12(2)9-14(8-11)18-15-13(10-16-3)5-4-6-17-15/h4-6,11-12,14,16H,7-10H2,1-3H3. The lowest BCUT2D eigenvalue weighted by Crippen LogP contribution is -2.29. The van der Waals surface area contributed by atoms with Crippen molar-refractivity contribution < 1.29 is 4.74 Å². The molecule has 1 saturated carbocycles. The predicted octanol–water partition coefficient (Wildman–Crippen LogP) is 3.00. The lowest BCUT2D eigenvalue weighted by molar-refractivity contribution is 0.0956. The van der Waals surface area contributed by atoms with Gasteiger partial charge in [0.25, 0.3) is 0 Å². The minimum absolute atomic E-state index is 0.328. The number of ether oxygens (including phenoxy) is 1. The maximum absolute atomic E-state index is 6.13. The van der Waals surface area contributed by atoms with Gasteiger partial charge >= 0.3 is 0 Å². The Morgan fingerprint density at radius 2 is 2.00 bits per heavy atom. The third kappa shape index (κ3) is 3.45. The summed E-state index contributed by atoms with van der Waals surface area (Å²) in [6.07, 6.45) is 5.77. The van der Waals surface area contributed by atoms with E-state index in [-0.39, 0.29) is 0 Å². The Kier molecular flexibility index (Phi) is 4.59. The van der Waals surface area contributed by atoms with Gasteiger partial charge in [0.2, 0.25) is 5.88 Å². The molecule has 2 rings (SSSR count). The molecular weight excluding hydrogens is 224 g/mol. The lowest BCUT2D eigenvalue weighted by Gasteiger charge is -2.31. The average molecular weight is 248 g/mol. The molecule has 2 atom stereocenters. The summed E-state index contributed by atoms with van der Waals surface area (Å²) in [5, 5.41) is 3.16. The zero-order valence-electron chi connectivity index (χ0n) is 11.6. The highest BCUT2D eigenvalue weighted by atomic mass is 16.5. The van der Waals surface area contributed by atoms with Crippen molar-refractivity contribution in [2.24, 2.45) is 11.8 Å². The van der Waals surface area contributed by atoms with E-state index in [2.05, 4.69) is 30.2 Å². The molecule has 3 nitrogen and oxygen atoms in total. The van der Waals surface area contributed by atoms with E-state index in [0.29, 0.717) is 6.10 Å². The van der Waals surface area contributed by atoms with Crippen LogP contribution in [0.1, 0.15) is 38.7 Å². The number of hydrogen-bond acceptors (Lipinski definition) is 3. The SMILES string of the molecule is CNCc1cccnc1OC1CC(C)CC(C)C1. The molecule has 1 heterocycles. The van der Waals surface area contributed by atoms with Crippen LogP contribution in [0.25, 0.3) is 0 Å². The fraction of sp³-hybridized carbons (Fsp3) is 0.667. The zero-order chi connectivity index (χ0) is 13.0. The molecule has 18 heavy (non-hydrogen) atoms. The number of nitrogens with zero attached hydrogens (tertiary/aromatic N) is 1. The van der Waals surface area contributed by atoms with Gasteiger partial charge in [-0.3, -0.25) is 0 Å². The summed E-state index contributed by atoms with van der Waals surface area (Å²) in [5.41, 5.74) is 1.14. The molecule has 0 spiro atoms. The van der Waals surface area contributed by atoms with Crippen molar-refractivity contribution in [2.45, 2.75) is 45.8 Å². The molecular formula is C15H24N2O. The van der Waals surface area contributed by atoms with E-state index in [9.17, 15) is 0 Å². The van der Waals surface area contributed by atoms with Gasteiger partial charge in [-0.1, -0.05) is 19.9 Å². The molecule has 1 aliphatic rings. The van der Waals surface area contributed by atoms with E-state index in [1.165, 1.54) is 6.42 Å². The fourth-order valence-electron chi connectivity index (χ4n) is 2.98. The maximum atomic E-state index is 6.13. The van der Waals surface area contributed by atoms with Crippen LogP contribution in [0, 0.1) is 11.8 Å². The summed E-state index contributed by atoms with van der Waals surface area (Å²) >= 11 is 0. The molecule has 0 radical (unpaired) electrons. The van der Waals surface area contributed by atoms with Gasteiger partial charge in [0.15, 0.2) is 0 Å². The fourth-order valence-corrected chi connectivity index (χ4v) is 2.98. The van der Waals surface area contributed by atoms with Crippen LogP contribution >= 0.6 is 0 Å². The highest BCUT2D eigenvalue weighted by molar-refractivity contribution is 5.25. The van der Waals surface area contributed by atoms with Crippen molar-refractivity contribution in [3.8, 4) is 5.88 Å². The second-order valence-electron chi connectivity index (χ2n) is 5.66. The van der Waals surface area contributed by atoms with Crippen molar-refractivity contribution in [2.75, 3.05) is 7.05 Å². The Hall–Kier alpha value is -1.09. The van der Waals surface area contributed by atoms with Crippen LogP contribution in [0.4, 0.5) is 0 Å². The molecule has 0 bridgehead atoms. The normalized spacial score (nSPS) is 28.1. The second kappa shape index (κ2) is 6.19. The highest BCUT2D eigenvalue weighted by Crippen LogP contribution is 2.31. The van der Waals surface area contributed by atoms with Gasteiger partial charge in [-0.15, -0.1) is 0 Å². The van der Waals surface area contributed by atoms with Crippen molar-refractivity contribution >= 4 is 0 Å². The molecule has 2 unspecified atom stereocenters. The van der Waals surface area contributed by atoms with Crippen LogP contribution in [-0.4, -0.2) is 18.1 Å². The monoisotopic (exact) mass is 248 g/mol. The molecule has 1 fully saturated rings. The van der Waals surface area contributed by atoms with Gasteiger partial charge in [0.1, 0.15) is 6.10 Å². The Morgan fingerprint density at radius 1 is 1.28 bits per heavy atom. The van der Waals surface area contributed by atoms with E-state index < -0.39 is 0 Å². The minimum atomic E-state index is 0.328. The van der Waals surface area contributed by atoms with Crippen LogP contribution in [0.2, 0.25) is 0 Å². The summed E-state index contributed by atoms with van der Waals surface area (Å²) in [6.45, 7) is 5.44. The number of nitrogens with one attached hydrogen (secondary N) is 1. The van der Waals surface area contributed by atoms with Gasteiger partial charge < -0.3 is 10.1 Å². The molecule has 1 N–H and O–H groups in total. The molecule has 100 valence electrons. The Morgan fingerprint density at radius 3 is 2.67 bits per heavy atom. The molecule has 0 saturated heterocycles. The van der Waals surface area contributed by atoms with Crippen molar-refractivity contribution in [1.29, 1.82) is 0 Å². The van der Waals surface area contributed by atoms with Crippen LogP contribution < -0.4 is 10.1 Å². The van der Waals surface area contributed by atoms with Gasteiger partial charge in [0.05, 0.1) is 0 Å². The summed E-state index contributed by atoms with van der Waals surface area (Å²) in [6, 6.07) is 4.04. The quantitative estimate of drug-likeness (QED) is 0.889. The van der Waals surface area contributed by atoms with Crippen LogP contribution in [0.5, 0.6) is 5.88 Å². The average Bonchev–Trinajstić information content (AvgIpc) is 2.30. The third-order valence-electron chi connectivity index (χ3n) is 3.63. The predicted molar refractivity (Wildman–Crippen MR) is 73.6 cm³/mol. The molecule has 0 aromatic carbocycles. The topological polar surface area (TPSA) is 34.2 Å². The van der Waals surface area contributed by atoms with E-state index in [4.69, 9.17) is 4.74 Å². The second-order valence-corrected chi connectivity index (χ2v) is 5.66. The number of aromatic nitrogens is 1. The van der Waals surface area contributed by atoms with Gasteiger partial charge in [-0.25, -0.2) is 4.98 Å². The van der Waals surface area contributed by atoms with Crippen molar-refractivity contribution in [1.82, 2.24) is 10.3 Å². The zero-order valence-corrected chi connectivity index (χ0v) is 11.6. The Balaban J connectivity index is 2.04. The van der Waals surface area contributed by atoms with E-state index in [1.807, 2.05) is 19.3 Å².